The molecule has 2 atom stereocenters. The number of methoxy groups -OCH3 is 1. The maximum atomic E-state index is 12.1. The van der Waals surface area contributed by atoms with Crippen molar-refractivity contribution in [2.75, 3.05) is 26.1 Å². The summed E-state index contributed by atoms with van der Waals surface area (Å²) in [6, 6.07) is 2.91. The summed E-state index contributed by atoms with van der Waals surface area (Å²) in [5, 5.41) is 16.1. The van der Waals surface area contributed by atoms with Gasteiger partial charge in [-0.15, -0.1) is 0 Å². The maximum Gasteiger partial charge on any atom is 0.338 e. The van der Waals surface area contributed by atoms with Gasteiger partial charge in [0.15, 0.2) is 6.61 Å². The molecule has 27 heavy (non-hydrogen) atoms. The first-order valence-corrected chi connectivity index (χ1v) is 8.25. The third-order valence-electron chi connectivity index (χ3n) is 4.02. The van der Waals surface area contributed by atoms with Crippen molar-refractivity contribution >= 4 is 29.2 Å². The number of hydrogen-bond acceptors (Lipinski definition) is 8. The fourth-order valence-corrected chi connectivity index (χ4v) is 2.25. The van der Waals surface area contributed by atoms with Crippen LogP contribution in [0.1, 0.15) is 30.6 Å². The fourth-order valence-electron chi connectivity index (χ4n) is 2.25. The van der Waals surface area contributed by atoms with Crippen LogP contribution in [0.15, 0.2) is 18.2 Å². The molecular weight excluding hydrogens is 358 g/mol. The van der Waals surface area contributed by atoms with Crippen LogP contribution in [0, 0.1) is 16.0 Å². The van der Waals surface area contributed by atoms with E-state index in [9.17, 15) is 24.5 Å². The van der Waals surface area contributed by atoms with Crippen LogP contribution < -0.4 is 10.6 Å². The first-order valence-electron chi connectivity index (χ1n) is 8.25. The zero-order valence-corrected chi connectivity index (χ0v) is 15.6. The third kappa shape index (κ3) is 5.94. The summed E-state index contributed by atoms with van der Waals surface area (Å²) >= 11 is 0. The summed E-state index contributed by atoms with van der Waals surface area (Å²) in [5.74, 6) is -2.34. The quantitative estimate of drug-likeness (QED) is 0.373. The van der Waals surface area contributed by atoms with E-state index in [1.54, 1.807) is 6.92 Å². The minimum absolute atomic E-state index is 0.0695. The molecule has 10 heteroatoms. The van der Waals surface area contributed by atoms with Gasteiger partial charge in [0.25, 0.3) is 11.6 Å². The maximum absolute atomic E-state index is 12.1. The van der Waals surface area contributed by atoms with Crippen molar-refractivity contribution in [3.8, 4) is 0 Å². The average molecular weight is 381 g/mol. The van der Waals surface area contributed by atoms with Gasteiger partial charge in [0.1, 0.15) is 11.7 Å². The molecule has 148 valence electrons. The van der Waals surface area contributed by atoms with Gasteiger partial charge in [-0.3, -0.25) is 14.9 Å². The Kier molecular flexibility index (Phi) is 8.18. The van der Waals surface area contributed by atoms with Gasteiger partial charge in [-0.25, -0.2) is 9.59 Å². The molecule has 0 fully saturated rings. The molecule has 0 aliphatic carbocycles. The molecule has 0 aliphatic heterocycles. The highest BCUT2D eigenvalue weighted by atomic mass is 16.6. The molecule has 0 bridgehead atoms. The molecule has 1 aromatic carbocycles. The lowest BCUT2D eigenvalue weighted by Gasteiger charge is -2.21. The average Bonchev–Trinajstić information content (AvgIpc) is 2.68. The van der Waals surface area contributed by atoms with Crippen LogP contribution in [0.4, 0.5) is 11.4 Å². The van der Waals surface area contributed by atoms with Gasteiger partial charge in [0, 0.05) is 13.1 Å². The Bertz CT molecular complexity index is 720. The van der Waals surface area contributed by atoms with E-state index in [0.29, 0.717) is 6.42 Å². The minimum atomic E-state index is -0.894. The van der Waals surface area contributed by atoms with E-state index in [1.165, 1.54) is 26.3 Å². The molecule has 0 radical (unpaired) electrons. The monoisotopic (exact) mass is 381 g/mol. The van der Waals surface area contributed by atoms with E-state index < -0.39 is 35.4 Å². The van der Waals surface area contributed by atoms with Crippen LogP contribution in [0.3, 0.4) is 0 Å². The lowest BCUT2D eigenvalue weighted by molar-refractivity contribution is -0.384. The van der Waals surface area contributed by atoms with Crippen molar-refractivity contribution in [2.24, 2.45) is 5.92 Å². The number of nitrogens with zero attached hydrogens (tertiary/aromatic N) is 1. The molecule has 0 aromatic heterocycles. The Morgan fingerprint density at radius 1 is 1.30 bits per heavy atom. The molecule has 0 saturated heterocycles. The van der Waals surface area contributed by atoms with Gasteiger partial charge in [-0.05, 0) is 18.1 Å². The number of nitro groups is 1. The van der Waals surface area contributed by atoms with E-state index in [1.807, 2.05) is 6.92 Å². The van der Waals surface area contributed by atoms with E-state index >= 15 is 0 Å². The van der Waals surface area contributed by atoms with Crippen LogP contribution in [-0.2, 0) is 19.1 Å². The Morgan fingerprint density at radius 3 is 2.48 bits per heavy atom. The van der Waals surface area contributed by atoms with Crippen molar-refractivity contribution in [2.45, 2.75) is 26.3 Å². The molecular formula is C17H23N3O7. The molecule has 0 aliphatic rings. The molecule has 0 spiro atoms. The second-order valence-corrected chi connectivity index (χ2v) is 5.77. The highest BCUT2D eigenvalue weighted by Gasteiger charge is 2.27. The number of esters is 2. The summed E-state index contributed by atoms with van der Waals surface area (Å²) in [4.78, 5) is 46.2. The predicted molar refractivity (Wildman–Crippen MR) is 96.3 cm³/mol. The van der Waals surface area contributed by atoms with Crippen molar-refractivity contribution in [3.63, 3.8) is 0 Å². The number of nitro benzene ring substituents is 1. The number of rotatable bonds is 9. The molecule has 1 amide bonds. The number of amides is 1. The molecule has 0 unspecified atom stereocenters. The van der Waals surface area contributed by atoms with Crippen LogP contribution in [-0.4, -0.2) is 49.6 Å². The van der Waals surface area contributed by atoms with Gasteiger partial charge >= 0.3 is 11.9 Å². The summed E-state index contributed by atoms with van der Waals surface area (Å²) in [6.45, 7) is 3.00. The SMILES string of the molecule is CC[C@@H](C)[C@@H](NC(=O)COC(=O)c1ccc(NC)c([N+](=O)[O-])c1)C(=O)OC. The van der Waals surface area contributed by atoms with Crippen LogP contribution in [0.2, 0.25) is 0 Å². The van der Waals surface area contributed by atoms with Crippen molar-refractivity contribution < 1.29 is 28.8 Å². The van der Waals surface area contributed by atoms with Crippen molar-refractivity contribution in [1.82, 2.24) is 5.32 Å². The molecule has 1 aromatic rings. The zero-order chi connectivity index (χ0) is 20.6. The number of carbonyl (C=O) groups is 3. The van der Waals surface area contributed by atoms with Gasteiger partial charge < -0.3 is 20.1 Å². The van der Waals surface area contributed by atoms with E-state index in [0.717, 1.165) is 6.07 Å². The standard InChI is InChI=1S/C17H23N3O7/c1-5-10(2)15(17(23)26-4)19-14(21)9-27-16(22)11-6-7-12(18-3)13(8-11)20(24)25/h6-8,10,15,18H,5,9H2,1-4H3,(H,19,21)/t10-,15-/m1/s1. The fraction of sp³-hybridized carbons (Fsp3) is 0.471. The van der Waals surface area contributed by atoms with Gasteiger partial charge in [0.2, 0.25) is 0 Å². The Labute approximate surface area is 156 Å². The minimum Gasteiger partial charge on any atom is -0.467 e. The van der Waals surface area contributed by atoms with E-state index in [2.05, 4.69) is 15.4 Å². The number of nitrogens with one attached hydrogen (secondary N) is 2. The van der Waals surface area contributed by atoms with Crippen molar-refractivity contribution in [1.29, 1.82) is 0 Å². The van der Waals surface area contributed by atoms with Gasteiger partial charge in [-0.2, -0.15) is 0 Å². The lowest BCUT2D eigenvalue weighted by Crippen LogP contribution is -2.47. The zero-order valence-electron chi connectivity index (χ0n) is 15.6. The Hall–Kier alpha value is -3.17. The summed E-state index contributed by atoms with van der Waals surface area (Å²) in [6.07, 6.45) is 0.626. The van der Waals surface area contributed by atoms with Crippen LogP contribution in [0.25, 0.3) is 0 Å². The molecule has 1 rings (SSSR count). The number of ether oxygens (including phenoxy) is 2. The number of carbonyl (C=O) groups excluding carboxylic acids is 3. The smallest absolute Gasteiger partial charge is 0.338 e. The first kappa shape index (κ1) is 21.9. The normalized spacial score (nSPS) is 12.4. The Morgan fingerprint density at radius 2 is 1.96 bits per heavy atom. The largest absolute Gasteiger partial charge is 0.467 e. The molecule has 2 N–H and O–H groups in total. The topological polar surface area (TPSA) is 137 Å². The number of hydrogen-bond donors (Lipinski definition) is 2. The van der Waals surface area contributed by atoms with E-state index in [4.69, 9.17) is 4.74 Å². The highest BCUT2D eigenvalue weighted by molar-refractivity contribution is 5.93. The number of anilines is 1. The Balaban J connectivity index is 2.76. The van der Waals surface area contributed by atoms with Gasteiger partial charge in [0.05, 0.1) is 17.6 Å². The number of benzene rings is 1. The van der Waals surface area contributed by atoms with E-state index in [-0.39, 0.29) is 22.9 Å². The third-order valence-corrected chi connectivity index (χ3v) is 4.02. The molecule has 0 saturated carbocycles. The van der Waals surface area contributed by atoms with Gasteiger partial charge in [-0.1, -0.05) is 20.3 Å². The second-order valence-electron chi connectivity index (χ2n) is 5.77. The van der Waals surface area contributed by atoms with Crippen molar-refractivity contribution in [3.05, 3.63) is 33.9 Å². The van der Waals surface area contributed by atoms with Crippen LogP contribution in [0.5, 0.6) is 0 Å². The second kappa shape index (κ2) is 10.1. The summed E-state index contributed by atoms with van der Waals surface area (Å²) in [5.41, 5.74) is -0.123. The predicted octanol–water partition coefficient (Wildman–Crippen LogP) is 1.50. The lowest BCUT2D eigenvalue weighted by atomic mass is 9.99. The van der Waals surface area contributed by atoms with Crippen LogP contribution >= 0.6 is 0 Å². The highest BCUT2D eigenvalue weighted by Crippen LogP contribution is 2.25. The molecule has 10 nitrogen and oxygen atoms in total. The summed E-state index contributed by atoms with van der Waals surface area (Å²) in [7, 11) is 2.73. The summed E-state index contributed by atoms with van der Waals surface area (Å²) < 4.78 is 9.54. The first-order chi connectivity index (χ1) is 12.7. The molecule has 0 heterocycles.